The average Bonchev–Trinajstić information content (AvgIpc) is 3.14. The van der Waals surface area contributed by atoms with Crippen molar-refractivity contribution in [1.82, 2.24) is 20.4 Å². The molecule has 8 heteroatoms. The van der Waals surface area contributed by atoms with Crippen LogP contribution in [-0.2, 0) is 16.0 Å². The van der Waals surface area contributed by atoms with Crippen molar-refractivity contribution in [3.63, 3.8) is 0 Å². The monoisotopic (exact) mass is 310 g/mol. The number of aromatic nitrogens is 2. The van der Waals surface area contributed by atoms with Crippen molar-refractivity contribution < 1.29 is 18.8 Å². The lowest BCUT2D eigenvalue weighted by molar-refractivity contribution is -0.189. The van der Waals surface area contributed by atoms with E-state index in [4.69, 9.17) is 14.0 Å². The van der Waals surface area contributed by atoms with Crippen molar-refractivity contribution in [3.05, 3.63) is 11.7 Å². The summed E-state index contributed by atoms with van der Waals surface area (Å²) in [5.41, 5.74) is 0. The van der Waals surface area contributed by atoms with Crippen molar-refractivity contribution in [1.29, 1.82) is 0 Å². The van der Waals surface area contributed by atoms with E-state index in [1.54, 1.807) is 11.8 Å². The van der Waals surface area contributed by atoms with Crippen molar-refractivity contribution in [2.45, 2.75) is 39.0 Å². The third kappa shape index (κ3) is 3.22. The van der Waals surface area contributed by atoms with Crippen molar-refractivity contribution in [3.8, 4) is 0 Å². The van der Waals surface area contributed by atoms with Crippen molar-refractivity contribution >= 4 is 6.03 Å². The number of urea groups is 1. The normalized spacial score (nSPS) is 24.5. The number of ether oxygens (including phenoxy) is 2. The Morgan fingerprint density at radius 1 is 1.45 bits per heavy atom. The first-order valence-electron chi connectivity index (χ1n) is 7.67. The van der Waals surface area contributed by atoms with Gasteiger partial charge in [0.1, 0.15) is 0 Å². The van der Waals surface area contributed by atoms with Gasteiger partial charge in [-0.1, -0.05) is 5.16 Å². The molecule has 0 spiro atoms. The van der Waals surface area contributed by atoms with E-state index < -0.39 is 5.79 Å². The van der Waals surface area contributed by atoms with E-state index in [1.165, 1.54) is 0 Å². The van der Waals surface area contributed by atoms with E-state index in [0.29, 0.717) is 31.5 Å². The Hall–Kier alpha value is -1.67. The molecule has 22 heavy (non-hydrogen) atoms. The quantitative estimate of drug-likeness (QED) is 0.898. The van der Waals surface area contributed by atoms with E-state index in [0.717, 1.165) is 19.4 Å². The summed E-state index contributed by atoms with van der Waals surface area (Å²) in [5.74, 6) is 0.599. The van der Waals surface area contributed by atoms with Gasteiger partial charge >= 0.3 is 6.03 Å². The number of aryl methyl sites for hydroxylation is 1. The van der Waals surface area contributed by atoms with Gasteiger partial charge in [-0.2, -0.15) is 4.98 Å². The summed E-state index contributed by atoms with van der Waals surface area (Å²) in [6, 6.07) is -0.123. The first-order chi connectivity index (χ1) is 10.6. The molecule has 2 aliphatic heterocycles. The van der Waals surface area contributed by atoms with Crippen LogP contribution in [0.2, 0.25) is 0 Å². The fourth-order valence-electron chi connectivity index (χ4n) is 3.03. The van der Waals surface area contributed by atoms with Crippen LogP contribution in [0.5, 0.6) is 0 Å². The third-order valence-corrected chi connectivity index (χ3v) is 4.27. The number of rotatable bonds is 3. The zero-order chi connectivity index (χ0) is 15.6. The van der Waals surface area contributed by atoms with E-state index in [1.807, 2.05) is 6.92 Å². The summed E-state index contributed by atoms with van der Waals surface area (Å²) in [6.07, 6.45) is 1.95. The Morgan fingerprint density at radius 3 is 2.91 bits per heavy atom. The number of amides is 2. The van der Waals surface area contributed by atoms with Crippen LogP contribution < -0.4 is 5.32 Å². The van der Waals surface area contributed by atoms with Crippen LogP contribution in [0.25, 0.3) is 0 Å². The molecule has 2 amide bonds. The molecule has 0 aliphatic carbocycles. The average molecular weight is 310 g/mol. The lowest BCUT2D eigenvalue weighted by Gasteiger charge is -2.39. The second-order valence-electron chi connectivity index (χ2n) is 5.89. The molecule has 3 heterocycles. The van der Waals surface area contributed by atoms with E-state index in [-0.39, 0.29) is 18.5 Å². The zero-order valence-corrected chi connectivity index (χ0v) is 13.0. The number of nitrogens with zero attached hydrogens (tertiary/aromatic N) is 3. The van der Waals surface area contributed by atoms with Crippen LogP contribution in [0.1, 0.15) is 31.5 Å². The fraction of sp³-hybridized carbons (Fsp3) is 0.786. The summed E-state index contributed by atoms with van der Waals surface area (Å²) in [5, 5.41) is 6.51. The largest absolute Gasteiger partial charge is 0.347 e. The number of piperidine rings is 1. The molecule has 2 aliphatic rings. The maximum Gasteiger partial charge on any atom is 0.317 e. The molecule has 122 valence electrons. The van der Waals surface area contributed by atoms with Gasteiger partial charge in [0.05, 0.1) is 19.8 Å². The van der Waals surface area contributed by atoms with Crippen LogP contribution >= 0.6 is 0 Å². The van der Waals surface area contributed by atoms with Crippen LogP contribution in [0.3, 0.4) is 0 Å². The molecule has 1 aromatic rings. The molecular weight excluding hydrogens is 288 g/mol. The number of hydrogen-bond acceptors (Lipinski definition) is 6. The third-order valence-electron chi connectivity index (χ3n) is 4.27. The lowest BCUT2D eigenvalue weighted by Crippen LogP contribution is -2.51. The van der Waals surface area contributed by atoms with Crippen LogP contribution in [-0.4, -0.2) is 53.2 Å². The Balaban J connectivity index is 1.53. The molecule has 1 aromatic heterocycles. The summed E-state index contributed by atoms with van der Waals surface area (Å²) in [7, 11) is 0. The highest BCUT2D eigenvalue weighted by Crippen LogP contribution is 2.34. The van der Waals surface area contributed by atoms with Gasteiger partial charge in [0.25, 0.3) is 0 Å². The van der Waals surface area contributed by atoms with Gasteiger partial charge in [0, 0.05) is 19.0 Å². The molecule has 0 aromatic carbocycles. The minimum Gasteiger partial charge on any atom is -0.347 e. The maximum atomic E-state index is 12.3. The van der Waals surface area contributed by atoms with Gasteiger partial charge in [-0.05, 0) is 26.7 Å². The van der Waals surface area contributed by atoms with Gasteiger partial charge in [-0.25, -0.2) is 4.79 Å². The lowest BCUT2D eigenvalue weighted by atomic mass is 9.90. The molecule has 2 saturated heterocycles. The van der Waals surface area contributed by atoms with Crippen molar-refractivity contribution in [2.75, 3.05) is 26.3 Å². The Bertz CT molecular complexity index is 527. The van der Waals surface area contributed by atoms with Crippen LogP contribution in [0.15, 0.2) is 4.52 Å². The fourth-order valence-corrected chi connectivity index (χ4v) is 3.03. The van der Waals surface area contributed by atoms with E-state index >= 15 is 0 Å². The number of likely N-dealkylation sites (tertiary alicyclic amines) is 1. The molecule has 0 bridgehead atoms. The zero-order valence-electron chi connectivity index (χ0n) is 13.0. The SMILES string of the molecule is Cc1noc(CNC(=O)N2CCC[C@@H](C3(C)OCCO3)C2)n1. The Kier molecular flexibility index (Phi) is 4.30. The molecule has 1 N–H and O–H groups in total. The number of carbonyl (C=O) groups is 1. The molecule has 0 unspecified atom stereocenters. The minimum absolute atomic E-state index is 0.123. The Morgan fingerprint density at radius 2 is 2.23 bits per heavy atom. The van der Waals surface area contributed by atoms with E-state index in [9.17, 15) is 4.79 Å². The van der Waals surface area contributed by atoms with Gasteiger partial charge < -0.3 is 24.2 Å². The van der Waals surface area contributed by atoms with Gasteiger partial charge in [-0.15, -0.1) is 0 Å². The Labute approximate surface area is 129 Å². The molecular formula is C14H22N4O4. The van der Waals surface area contributed by atoms with Gasteiger partial charge in [-0.3, -0.25) is 0 Å². The minimum atomic E-state index is -0.567. The molecule has 3 rings (SSSR count). The van der Waals surface area contributed by atoms with Gasteiger partial charge in [0.15, 0.2) is 11.6 Å². The number of carbonyl (C=O) groups excluding carboxylic acids is 1. The molecule has 0 radical (unpaired) electrons. The second kappa shape index (κ2) is 6.21. The predicted molar refractivity (Wildman–Crippen MR) is 75.9 cm³/mol. The van der Waals surface area contributed by atoms with E-state index in [2.05, 4.69) is 15.5 Å². The number of nitrogens with one attached hydrogen (secondary N) is 1. The second-order valence-corrected chi connectivity index (χ2v) is 5.89. The molecule has 1 atom stereocenters. The summed E-state index contributed by atoms with van der Waals surface area (Å²) in [4.78, 5) is 18.2. The highest BCUT2D eigenvalue weighted by Gasteiger charge is 2.42. The topological polar surface area (TPSA) is 89.7 Å². The van der Waals surface area contributed by atoms with Gasteiger partial charge in [0.2, 0.25) is 5.89 Å². The van der Waals surface area contributed by atoms with Crippen LogP contribution in [0, 0.1) is 12.8 Å². The highest BCUT2D eigenvalue weighted by atomic mass is 16.7. The highest BCUT2D eigenvalue weighted by molar-refractivity contribution is 5.74. The predicted octanol–water partition coefficient (Wildman–Crippen LogP) is 1.06. The summed E-state index contributed by atoms with van der Waals surface area (Å²) < 4.78 is 16.4. The molecule has 0 saturated carbocycles. The summed E-state index contributed by atoms with van der Waals surface area (Å²) in [6.45, 7) is 6.56. The van der Waals surface area contributed by atoms with Crippen LogP contribution in [0.4, 0.5) is 4.79 Å². The number of hydrogen-bond donors (Lipinski definition) is 1. The first-order valence-corrected chi connectivity index (χ1v) is 7.67. The van der Waals surface area contributed by atoms with Crippen molar-refractivity contribution in [2.24, 2.45) is 5.92 Å². The molecule has 8 nitrogen and oxygen atoms in total. The smallest absolute Gasteiger partial charge is 0.317 e. The maximum absolute atomic E-state index is 12.3. The molecule has 2 fully saturated rings. The summed E-state index contributed by atoms with van der Waals surface area (Å²) >= 11 is 0. The first kappa shape index (κ1) is 15.2. The standard InChI is InChI=1S/C14H22N4O4/c1-10-16-12(22-17-10)8-15-13(19)18-5-3-4-11(9-18)14(2)20-6-7-21-14/h11H,3-9H2,1-2H3,(H,15,19)/t11-/m1/s1.